The Morgan fingerprint density at radius 1 is 0.912 bits per heavy atom. The van der Waals surface area contributed by atoms with E-state index < -0.39 is 15.8 Å². The highest BCUT2D eigenvalue weighted by Gasteiger charge is 2.32. The van der Waals surface area contributed by atoms with Crippen molar-refractivity contribution in [3.63, 3.8) is 0 Å². The number of fused-ring (bicyclic) bond motifs is 1. The number of nitrogens with zero attached hydrogens (tertiary/aromatic N) is 4. The summed E-state index contributed by atoms with van der Waals surface area (Å²) in [6.07, 6.45) is 3.36. The molecule has 0 bridgehead atoms. The van der Waals surface area contributed by atoms with Crippen LogP contribution in [0.25, 0.3) is 22.2 Å². The van der Waals surface area contributed by atoms with E-state index in [2.05, 4.69) is 9.97 Å². The maximum absolute atomic E-state index is 14.1. The van der Waals surface area contributed by atoms with E-state index in [1.165, 1.54) is 22.5 Å². The second-order valence-corrected chi connectivity index (χ2v) is 9.85. The van der Waals surface area contributed by atoms with Gasteiger partial charge in [-0.3, -0.25) is 9.78 Å². The van der Waals surface area contributed by atoms with E-state index in [1.54, 1.807) is 23.4 Å². The SMILES string of the molecule is O=C(c1cc(-c2cccnc2)nc2ccccc12)N1CCN(S(=O)(=O)c2ccccc2F)CC1. The first kappa shape index (κ1) is 22.1. The third-order valence-electron chi connectivity index (χ3n) is 5.88. The Bertz CT molecular complexity index is 1470. The van der Waals surface area contributed by atoms with Crippen molar-refractivity contribution in [3.05, 3.63) is 90.5 Å². The number of hydrogen-bond acceptors (Lipinski definition) is 5. The fraction of sp³-hybridized carbons (Fsp3) is 0.160. The Kier molecular flexibility index (Phi) is 5.80. The molecule has 1 aliphatic rings. The van der Waals surface area contributed by atoms with Crippen molar-refractivity contribution in [2.75, 3.05) is 26.2 Å². The average Bonchev–Trinajstić information content (AvgIpc) is 2.88. The van der Waals surface area contributed by atoms with Gasteiger partial charge in [-0.15, -0.1) is 0 Å². The molecule has 1 aliphatic heterocycles. The zero-order valence-corrected chi connectivity index (χ0v) is 19.0. The number of pyridine rings is 2. The summed E-state index contributed by atoms with van der Waals surface area (Å²) in [5, 5.41) is 0.724. The summed E-state index contributed by atoms with van der Waals surface area (Å²) in [5.74, 6) is -0.987. The summed E-state index contributed by atoms with van der Waals surface area (Å²) in [5.41, 5.74) is 2.61. The molecule has 0 saturated carbocycles. The van der Waals surface area contributed by atoms with Crippen LogP contribution in [0.4, 0.5) is 4.39 Å². The quantitative estimate of drug-likeness (QED) is 0.450. The maximum Gasteiger partial charge on any atom is 0.254 e. The highest BCUT2D eigenvalue weighted by atomic mass is 32.2. The van der Waals surface area contributed by atoms with Crippen LogP contribution < -0.4 is 0 Å². The molecular formula is C25H21FN4O3S. The smallest absolute Gasteiger partial charge is 0.254 e. The van der Waals surface area contributed by atoms with Gasteiger partial charge in [-0.25, -0.2) is 17.8 Å². The Labute approximate surface area is 196 Å². The van der Waals surface area contributed by atoms with Crippen LogP contribution in [0.1, 0.15) is 10.4 Å². The number of amides is 1. The first-order valence-corrected chi connectivity index (χ1v) is 12.2. The Balaban J connectivity index is 1.42. The molecule has 34 heavy (non-hydrogen) atoms. The number of carbonyl (C=O) groups excluding carboxylic acids is 1. The van der Waals surface area contributed by atoms with Gasteiger partial charge in [0.25, 0.3) is 5.91 Å². The van der Waals surface area contributed by atoms with Crippen molar-refractivity contribution in [2.24, 2.45) is 0 Å². The van der Waals surface area contributed by atoms with Gasteiger partial charge < -0.3 is 4.90 Å². The summed E-state index contributed by atoms with van der Waals surface area (Å²) in [4.78, 5) is 23.6. The topological polar surface area (TPSA) is 83.5 Å². The first-order chi connectivity index (χ1) is 16.4. The third-order valence-corrected chi connectivity index (χ3v) is 7.82. The molecule has 1 amide bonds. The number of piperazine rings is 1. The van der Waals surface area contributed by atoms with Crippen molar-refractivity contribution >= 4 is 26.8 Å². The molecule has 0 unspecified atom stereocenters. The van der Waals surface area contributed by atoms with Gasteiger partial charge >= 0.3 is 0 Å². The van der Waals surface area contributed by atoms with E-state index in [9.17, 15) is 17.6 Å². The van der Waals surface area contributed by atoms with E-state index in [0.29, 0.717) is 16.8 Å². The molecule has 5 rings (SSSR count). The molecule has 0 atom stereocenters. The summed E-state index contributed by atoms with van der Waals surface area (Å²) in [6.45, 7) is 0.568. The molecule has 9 heteroatoms. The lowest BCUT2D eigenvalue weighted by Gasteiger charge is -2.34. The van der Waals surface area contributed by atoms with Crippen molar-refractivity contribution in [1.29, 1.82) is 0 Å². The number of benzene rings is 2. The molecule has 1 fully saturated rings. The highest BCUT2D eigenvalue weighted by Crippen LogP contribution is 2.27. The lowest BCUT2D eigenvalue weighted by Crippen LogP contribution is -2.50. The zero-order valence-electron chi connectivity index (χ0n) is 18.1. The minimum Gasteiger partial charge on any atom is -0.336 e. The van der Waals surface area contributed by atoms with Crippen LogP contribution in [-0.4, -0.2) is 59.7 Å². The summed E-state index contributed by atoms with van der Waals surface area (Å²) in [6, 6.07) is 18.2. The summed E-state index contributed by atoms with van der Waals surface area (Å²) in [7, 11) is -3.98. The predicted octanol–water partition coefficient (Wildman–Crippen LogP) is 3.58. The molecule has 172 valence electrons. The third kappa shape index (κ3) is 4.04. The molecule has 2 aromatic heterocycles. The van der Waals surface area contributed by atoms with Crippen molar-refractivity contribution < 1.29 is 17.6 Å². The van der Waals surface area contributed by atoms with Gasteiger partial charge in [0.1, 0.15) is 10.7 Å². The molecule has 7 nitrogen and oxygen atoms in total. The van der Waals surface area contributed by atoms with Crippen LogP contribution in [-0.2, 0) is 10.0 Å². The summed E-state index contributed by atoms with van der Waals surface area (Å²) < 4.78 is 41.1. The van der Waals surface area contributed by atoms with Crippen LogP contribution >= 0.6 is 0 Å². The second-order valence-electron chi connectivity index (χ2n) is 7.94. The lowest BCUT2D eigenvalue weighted by molar-refractivity contribution is 0.0699. The number of halogens is 1. The molecule has 0 aliphatic carbocycles. The number of para-hydroxylation sites is 1. The van der Waals surface area contributed by atoms with Gasteiger partial charge in [-0.2, -0.15) is 4.31 Å². The Morgan fingerprint density at radius 3 is 2.38 bits per heavy atom. The first-order valence-electron chi connectivity index (χ1n) is 10.8. The van der Waals surface area contributed by atoms with Crippen LogP contribution in [0.2, 0.25) is 0 Å². The van der Waals surface area contributed by atoms with Crippen molar-refractivity contribution in [1.82, 2.24) is 19.2 Å². The van der Waals surface area contributed by atoms with E-state index >= 15 is 0 Å². The van der Waals surface area contributed by atoms with Crippen LogP contribution in [0.5, 0.6) is 0 Å². The Morgan fingerprint density at radius 2 is 1.65 bits per heavy atom. The minimum atomic E-state index is -3.98. The van der Waals surface area contributed by atoms with E-state index in [0.717, 1.165) is 17.0 Å². The van der Waals surface area contributed by atoms with Crippen molar-refractivity contribution in [3.8, 4) is 11.3 Å². The molecule has 0 N–H and O–H groups in total. The maximum atomic E-state index is 14.1. The molecule has 3 heterocycles. The number of aromatic nitrogens is 2. The van der Waals surface area contributed by atoms with Gasteiger partial charge in [0.15, 0.2) is 0 Å². The lowest BCUT2D eigenvalue weighted by atomic mass is 10.0. The van der Waals surface area contributed by atoms with Crippen LogP contribution in [0.15, 0.2) is 84.0 Å². The van der Waals surface area contributed by atoms with Gasteiger partial charge in [-0.05, 0) is 36.4 Å². The normalized spacial score (nSPS) is 14.9. The number of rotatable bonds is 4. The summed E-state index contributed by atoms with van der Waals surface area (Å²) >= 11 is 0. The monoisotopic (exact) mass is 476 g/mol. The van der Waals surface area contributed by atoms with Gasteiger partial charge in [0.05, 0.1) is 16.8 Å². The zero-order chi connectivity index (χ0) is 23.7. The molecule has 1 saturated heterocycles. The van der Waals surface area contributed by atoms with E-state index in [-0.39, 0.29) is 37.0 Å². The molecule has 4 aromatic rings. The number of hydrogen-bond donors (Lipinski definition) is 0. The standard InChI is InChI=1S/C25H21FN4O3S/c26-21-8-2-4-10-24(21)34(32,33)30-14-12-29(13-15-30)25(31)20-16-23(18-6-5-11-27-17-18)28-22-9-3-1-7-19(20)22/h1-11,16-17H,12-15H2. The molecule has 0 spiro atoms. The fourth-order valence-electron chi connectivity index (χ4n) is 4.11. The van der Waals surface area contributed by atoms with Gasteiger partial charge in [0.2, 0.25) is 10.0 Å². The fourth-order valence-corrected chi connectivity index (χ4v) is 5.60. The highest BCUT2D eigenvalue weighted by molar-refractivity contribution is 7.89. The average molecular weight is 477 g/mol. The minimum absolute atomic E-state index is 0.0842. The van der Waals surface area contributed by atoms with E-state index in [1.807, 2.05) is 36.4 Å². The van der Waals surface area contributed by atoms with Crippen LogP contribution in [0, 0.1) is 5.82 Å². The number of carbonyl (C=O) groups is 1. The largest absolute Gasteiger partial charge is 0.336 e. The second kappa shape index (κ2) is 8.92. The van der Waals surface area contributed by atoms with Crippen molar-refractivity contribution in [2.45, 2.75) is 4.90 Å². The predicted molar refractivity (Wildman–Crippen MR) is 126 cm³/mol. The molecule has 0 radical (unpaired) electrons. The number of sulfonamides is 1. The van der Waals surface area contributed by atoms with Crippen LogP contribution in [0.3, 0.4) is 0 Å². The van der Waals surface area contributed by atoms with Gasteiger partial charge in [-0.1, -0.05) is 30.3 Å². The van der Waals surface area contributed by atoms with Gasteiger partial charge in [0, 0.05) is 49.5 Å². The molecular weight excluding hydrogens is 455 g/mol. The molecule has 2 aromatic carbocycles. The Hall–Kier alpha value is -3.69. The van der Waals surface area contributed by atoms with E-state index in [4.69, 9.17) is 0 Å².